The van der Waals surface area contributed by atoms with Crippen LogP contribution in [0.1, 0.15) is 29.8 Å². The van der Waals surface area contributed by atoms with E-state index in [1.165, 1.54) is 17.5 Å². The van der Waals surface area contributed by atoms with Gasteiger partial charge in [0.25, 0.3) is 0 Å². The van der Waals surface area contributed by atoms with E-state index in [4.69, 9.17) is 0 Å². The average Bonchev–Trinajstić information content (AvgIpc) is 3.25. The van der Waals surface area contributed by atoms with Gasteiger partial charge in [0.1, 0.15) is 5.82 Å². The molecule has 0 radical (unpaired) electrons. The van der Waals surface area contributed by atoms with Gasteiger partial charge < -0.3 is 4.90 Å². The van der Waals surface area contributed by atoms with E-state index in [1.54, 1.807) is 16.6 Å². The zero-order valence-corrected chi connectivity index (χ0v) is 18.4. The maximum absolute atomic E-state index is 13.2. The van der Waals surface area contributed by atoms with Crippen molar-refractivity contribution in [2.24, 2.45) is 0 Å². The van der Waals surface area contributed by atoms with E-state index >= 15 is 0 Å². The second-order valence-electron chi connectivity index (χ2n) is 8.12. The normalized spacial score (nSPS) is 17.5. The van der Waals surface area contributed by atoms with Crippen LogP contribution < -0.4 is 4.90 Å². The van der Waals surface area contributed by atoms with Gasteiger partial charge in [-0.2, -0.15) is 4.31 Å². The molecule has 31 heavy (non-hydrogen) atoms. The molecule has 3 aromatic rings. The molecule has 1 aliphatic heterocycles. The Morgan fingerprint density at radius 3 is 2.26 bits per heavy atom. The third kappa shape index (κ3) is 3.83. The second-order valence-corrected chi connectivity index (χ2v) is 10.1. The van der Waals surface area contributed by atoms with Crippen molar-refractivity contribution in [1.82, 2.24) is 24.1 Å². The Labute approximate surface area is 182 Å². The van der Waals surface area contributed by atoms with Crippen LogP contribution in [0.3, 0.4) is 0 Å². The summed E-state index contributed by atoms with van der Waals surface area (Å²) >= 11 is 0. The zero-order chi connectivity index (χ0) is 21.4. The molecule has 162 valence electrons. The van der Waals surface area contributed by atoms with Gasteiger partial charge >= 0.3 is 0 Å². The molecular formula is C22H26N6O2S. The first-order chi connectivity index (χ1) is 15.0. The quantitative estimate of drug-likeness (QED) is 0.622. The monoisotopic (exact) mass is 438 g/mol. The molecule has 1 aliphatic carbocycles. The Morgan fingerprint density at radius 1 is 0.871 bits per heavy atom. The van der Waals surface area contributed by atoms with Crippen LogP contribution in [0.2, 0.25) is 0 Å². The van der Waals surface area contributed by atoms with E-state index in [1.807, 2.05) is 42.0 Å². The molecule has 9 heteroatoms. The van der Waals surface area contributed by atoms with Gasteiger partial charge in [-0.3, -0.25) is 4.57 Å². The van der Waals surface area contributed by atoms with Crippen LogP contribution >= 0.6 is 0 Å². The lowest BCUT2D eigenvalue weighted by atomic mass is 9.92. The Hall–Kier alpha value is -2.78. The van der Waals surface area contributed by atoms with Crippen LogP contribution in [0.15, 0.2) is 47.6 Å². The van der Waals surface area contributed by atoms with Crippen molar-refractivity contribution < 1.29 is 8.42 Å². The number of benzene rings is 1. The van der Waals surface area contributed by atoms with Gasteiger partial charge in [0.05, 0.1) is 4.90 Å². The summed E-state index contributed by atoms with van der Waals surface area (Å²) in [6, 6.07) is 9.49. The Kier molecular flexibility index (Phi) is 5.23. The molecule has 2 aliphatic rings. The van der Waals surface area contributed by atoms with Gasteiger partial charge in [0.2, 0.25) is 10.0 Å². The molecule has 0 unspecified atom stereocenters. The van der Waals surface area contributed by atoms with Crippen molar-refractivity contribution in [2.45, 2.75) is 37.5 Å². The molecule has 0 N–H and O–H groups in total. The lowest BCUT2D eigenvalue weighted by Crippen LogP contribution is -2.49. The zero-order valence-electron chi connectivity index (χ0n) is 17.6. The molecule has 1 saturated heterocycles. The highest BCUT2D eigenvalue weighted by atomic mass is 32.2. The van der Waals surface area contributed by atoms with Crippen molar-refractivity contribution in [1.29, 1.82) is 0 Å². The lowest BCUT2D eigenvalue weighted by molar-refractivity contribution is 0.383. The first-order valence-electron chi connectivity index (χ1n) is 10.7. The van der Waals surface area contributed by atoms with Crippen molar-refractivity contribution in [2.75, 3.05) is 31.1 Å². The minimum atomic E-state index is -3.48. The van der Waals surface area contributed by atoms with Gasteiger partial charge in [-0.25, -0.2) is 13.4 Å². The molecule has 0 saturated carbocycles. The molecule has 2 aromatic heterocycles. The predicted octanol–water partition coefficient (Wildman–Crippen LogP) is 2.36. The van der Waals surface area contributed by atoms with Crippen LogP contribution in [0.4, 0.5) is 5.82 Å². The summed E-state index contributed by atoms with van der Waals surface area (Å²) in [5, 5.41) is 8.67. The van der Waals surface area contributed by atoms with E-state index in [-0.39, 0.29) is 0 Å². The van der Waals surface area contributed by atoms with Crippen LogP contribution in [-0.2, 0) is 22.9 Å². The summed E-state index contributed by atoms with van der Waals surface area (Å²) < 4.78 is 29.9. The lowest BCUT2D eigenvalue weighted by Gasteiger charge is -2.34. The van der Waals surface area contributed by atoms with Crippen molar-refractivity contribution in [3.05, 3.63) is 59.7 Å². The van der Waals surface area contributed by atoms with E-state index in [9.17, 15) is 8.42 Å². The fourth-order valence-electron chi connectivity index (χ4n) is 4.41. The first-order valence-corrected chi connectivity index (χ1v) is 12.2. The number of sulfonamides is 1. The fraction of sp³-hybridized carbons (Fsp3) is 0.409. The third-order valence-corrected chi connectivity index (χ3v) is 8.12. The summed E-state index contributed by atoms with van der Waals surface area (Å²) in [4.78, 5) is 6.71. The van der Waals surface area contributed by atoms with E-state index < -0.39 is 10.0 Å². The number of anilines is 1. The minimum Gasteiger partial charge on any atom is -0.352 e. The van der Waals surface area contributed by atoms with Gasteiger partial charge in [-0.15, -0.1) is 10.2 Å². The Bertz CT molecular complexity index is 1180. The number of rotatable bonds is 4. The molecule has 3 heterocycles. The maximum atomic E-state index is 13.2. The number of imidazole rings is 1. The van der Waals surface area contributed by atoms with Crippen molar-refractivity contribution >= 4 is 15.8 Å². The topological polar surface area (TPSA) is 84.2 Å². The number of aryl methyl sites for hydroxylation is 3. The molecule has 0 atom stereocenters. The van der Waals surface area contributed by atoms with Crippen molar-refractivity contribution in [3.63, 3.8) is 0 Å². The largest absolute Gasteiger partial charge is 0.352 e. The second kappa shape index (κ2) is 8.05. The molecule has 1 aromatic carbocycles. The molecule has 8 nitrogen and oxygen atoms in total. The smallest absolute Gasteiger partial charge is 0.243 e. The van der Waals surface area contributed by atoms with Crippen molar-refractivity contribution in [3.8, 4) is 5.82 Å². The summed E-state index contributed by atoms with van der Waals surface area (Å²) in [5.74, 6) is 2.32. The highest BCUT2D eigenvalue weighted by Gasteiger charge is 2.29. The SMILES string of the molecule is Cc1nccn1-c1ccc(N2CCN(S(=O)(=O)c3ccc4c(c3)CCCC4)CC2)nn1. The van der Waals surface area contributed by atoms with Gasteiger partial charge in [-0.1, -0.05) is 6.07 Å². The molecule has 0 bridgehead atoms. The van der Waals surface area contributed by atoms with Crippen LogP contribution in [-0.4, -0.2) is 58.7 Å². The summed E-state index contributed by atoms with van der Waals surface area (Å²) in [5.41, 5.74) is 2.48. The molecule has 0 spiro atoms. The van der Waals surface area contributed by atoms with Gasteiger partial charge in [0, 0.05) is 38.6 Å². The van der Waals surface area contributed by atoms with Gasteiger partial charge in [-0.05, 0) is 68.0 Å². The number of hydrogen-bond donors (Lipinski definition) is 0. The number of nitrogens with zero attached hydrogens (tertiary/aromatic N) is 6. The first kappa shape index (κ1) is 20.1. The standard InChI is InChI=1S/C22H26N6O2S/c1-17-23-10-11-28(17)22-9-8-21(24-25-22)26-12-14-27(15-13-26)31(29,30)20-7-6-18-4-2-3-5-19(18)16-20/h6-11,16H,2-5,12-15H2,1H3. The summed E-state index contributed by atoms with van der Waals surface area (Å²) in [6.45, 7) is 3.95. The third-order valence-electron chi connectivity index (χ3n) is 6.23. The molecule has 5 rings (SSSR count). The highest BCUT2D eigenvalue weighted by molar-refractivity contribution is 7.89. The molecular weight excluding hydrogens is 412 g/mol. The van der Waals surface area contributed by atoms with Crippen LogP contribution in [0.25, 0.3) is 5.82 Å². The average molecular weight is 439 g/mol. The van der Waals surface area contributed by atoms with Crippen LogP contribution in [0, 0.1) is 6.92 Å². The number of aromatic nitrogens is 4. The summed E-state index contributed by atoms with van der Waals surface area (Å²) in [6.07, 6.45) is 7.92. The minimum absolute atomic E-state index is 0.418. The Balaban J connectivity index is 1.27. The molecule has 0 amide bonds. The van der Waals surface area contributed by atoms with E-state index in [0.29, 0.717) is 36.9 Å². The predicted molar refractivity (Wildman–Crippen MR) is 118 cm³/mol. The number of fused-ring (bicyclic) bond motifs is 1. The summed E-state index contributed by atoms with van der Waals surface area (Å²) in [7, 11) is -3.48. The van der Waals surface area contributed by atoms with Gasteiger partial charge in [0.15, 0.2) is 11.6 Å². The molecule has 1 fully saturated rings. The van der Waals surface area contributed by atoms with E-state index in [0.717, 1.165) is 30.9 Å². The number of piperazine rings is 1. The maximum Gasteiger partial charge on any atom is 0.243 e. The Morgan fingerprint density at radius 2 is 1.58 bits per heavy atom. The fourth-order valence-corrected chi connectivity index (χ4v) is 5.89. The van der Waals surface area contributed by atoms with Crippen LogP contribution in [0.5, 0.6) is 0 Å². The van der Waals surface area contributed by atoms with E-state index in [2.05, 4.69) is 20.1 Å². The highest BCUT2D eigenvalue weighted by Crippen LogP contribution is 2.26. The number of hydrogen-bond acceptors (Lipinski definition) is 6.